The first-order valence-corrected chi connectivity index (χ1v) is 6.30. The molecular formula is C16H14F2N2. The van der Waals surface area contributed by atoms with Gasteiger partial charge in [0.05, 0.1) is 12.0 Å². The van der Waals surface area contributed by atoms with Crippen molar-refractivity contribution in [2.24, 2.45) is 0 Å². The molecule has 1 unspecified atom stereocenters. The van der Waals surface area contributed by atoms with E-state index in [0.29, 0.717) is 12.1 Å². The predicted octanol–water partition coefficient (Wildman–Crippen LogP) is 3.36. The highest BCUT2D eigenvalue weighted by Gasteiger charge is 2.10. The van der Waals surface area contributed by atoms with Gasteiger partial charge in [-0.3, -0.25) is 0 Å². The van der Waals surface area contributed by atoms with Gasteiger partial charge in [-0.1, -0.05) is 36.4 Å². The van der Waals surface area contributed by atoms with Gasteiger partial charge in [0.1, 0.15) is 11.6 Å². The fraction of sp³-hybridized carbons (Fsp3) is 0.188. The first kappa shape index (κ1) is 14.2. The minimum absolute atomic E-state index is 0.261. The molecule has 2 aromatic carbocycles. The number of nitriles is 1. The molecule has 2 aromatic rings. The Kier molecular flexibility index (Phi) is 4.80. The van der Waals surface area contributed by atoms with Crippen molar-refractivity contribution in [1.29, 1.82) is 5.26 Å². The van der Waals surface area contributed by atoms with Gasteiger partial charge in [0.15, 0.2) is 0 Å². The van der Waals surface area contributed by atoms with E-state index in [2.05, 4.69) is 11.4 Å². The van der Waals surface area contributed by atoms with Crippen LogP contribution in [-0.4, -0.2) is 6.54 Å². The molecule has 0 fully saturated rings. The van der Waals surface area contributed by atoms with Crippen LogP contribution in [0.3, 0.4) is 0 Å². The van der Waals surface area contributed by atoms with Crippen LogP contribution in [0.1, 0.15) is 17.0 Å². The van der Waals surface area contributed by atoms with E-state index >= 15 is 0 Å². The summed E-state index contributed by atoms with van der Waals surface area (Å²) < 4.78 is 26.2. The molecule has 1 atom stereocenters. The third-order valence-electron chi connectivity index (χ3n) is 3.04. The highest BCUT2D eigenvalue weighted by Crippen LogP contribution is 2.14. The molecule has 2 rings (SSSR count). The van der Waals surface area contributed by atoms with Crippen LogP contribution in [0.15, 0.2) is 48.5 Å². The summed E-state index contributed by atoms with van der Waals surface area (Å²) in [5, 5.41) is 12.2. The van der Waals surface area contributed by atoms with Gasteiger partial charge in [-0.15, -0.1) is 0 Å². The molecule has 0 heterocycles. The molecule has 0 aromatic heterocycles. The monoisotopic (exact) mass is 272 g/mol. The van der Waals surface area contributed by atoms with Crippen molar-refractivity contribution in [1.82, 2.24) is 5.32 Å². The Bertz CT molecular complexity index is 606. The second-order valence-electron chi connectivity index (χ2n) is 4.46. The summed E-state index contributed by atoms with van der Waals surface area (Å²) in [6.07, 6.45) is 0. The Labute approximate surface area is 116 Å². The molecule has 0 aliphatic rings. The second-order valence-corrected chi connectivity index (χ2v) is 4.46. The Hall–Kier alpha value is -2.25. The van der Waals surface area contributed by atoms with E-state index in [1.165, 1.54) is 12.1 Å². The molecule has 0 spiro atoms. The number of nitrogens with zero attached hydrogens (tertiary/aromatic N) is 1. The van der Waals surface area contributed by atoms with Crippen LogP contribution in [0.25, 0.3) is 0 Å². The zero-order valence-corrected chi connectivity index (χ0v) is 10.8. The lowest BCUT2D eigenvalue weighted by atomic mass is 10.0. The third kappa shape index (κ3) is 3.62. The van der Waals surface area contributed by atoms with Crippen LogP contribution in [0.2, 0.25) is 0 Å². The van der Waals surface area contributed by atoms with Crippen LogP contribution < -0.4 is 5.32 Å². The van der Waals surface area contributed by atoms with Crippen molar-refractivity contribution >= 4 is 0 Å². The maximum atomic E-state index is 13.4. The third-order valence-corrected chi connectivity index (χ3v) is 3.04. The molecular weight excluding hydrogens is 258 g/mol. The van der Waals surface area contributed by atoms with Crippen molar-refractivity contribution < 1.29 is 8.78 Å². The van der Waals surface area contributed by atoms with E-state index in [1.807, 2.05) is 30.3 Å². The summed E-state index contributed by atoms with van der Waals surface area (Å²) in [7, 11) is 0. The normalized spacial score (nSPS) is 11.8. The average Bonchev–Trinajstić information content (AvgIpc) is 2.46. The maximum Gasteiger partial charge on any atom is 0.130 e. The molecule has 0 aliphatic carbocycles. The van der Waals surface area contributed by atoms with Crippen molar-refractivity contribution in [3.63, 3.8) is 0 Å². The lowest BCUT2D eigenvalue weighted by Crippen LogP contribution is -2.21. The topological polar surface area (TPSA) is 35.8 Å². The number of halogens is 2. The van der Waals surface area contributed by atoms with Gasteiger partial charge < -0.3 is 5.32 Å². The molecule has 0 radical (unpaired) electrons. The van der Waals surface area contributed by atoms with Gasteiger partial charge in [-0.25, -0.2) is 8.78 Å². The maximum absolute atomic E-state index is 13.4. The molecule has 102 valence electrons. The van der Waals surface area contributed by atoms with Gasteiger partial charge >= 0.3 is 0 Å². The van der Waals surface area contributed by atoms with E-state index in [4.69, 9.17) is 5.26 Å². The van der Waals surface area contributed by atoms with Crippen molar-refractivity contribution in [2.45, 2.75) is 12.5 Å². The fourth-order valence-electron chi connectivity index (χ4n) is 1.94. The molecule has 2 nitrogen and oxygen atoms in total. The number of benzene rings is 2. The van der Waals surface area contributed by atoms with Gasteiger partial charge in [0.25, 0.3) is 0 Å². The zero-order chi connectivity index (χ0) is 14.4. The molecule has 20 heavy (non-hydrogen) atoms. The van der Waals surface area contributed by atoms with E-state index in [-0.39, 0.29) is 12.5 Å². The molecule has 1 N–H and O–H groups in total. The molecule has 4 heteroatoms. The van der Waals surface area contributed by atoms with Crippen LogP contribution in [-0.2, 0) is 6.54 Å². The van der Waals surface area contributed by atoms with Crippen molar-refractivity contribution in [3.05, 3.63) is 71.3 Å². The summed E-state index contributed by atoms with van der Waals surface area (Å²) in [5.41, 5.74) is 1.30. The Morgan fingerprint density at radius 1 is 1.10 bits per heavy atom. The minimum Gasteiger partial charge on any atom is -0.311 e. The van der Waals surface area contributed by atoms with Crippen LogP contribution in [0, 0.1) is 23.0 Å². The fourth-order valence-corrected chi connectivity index (χ4v) is 1.94. The summed E-state index contributed by atoms with van der Waals surface area (Å²) in [6, 6.07) is 15.1. The SMILES string of the molecule is N#CC(CNCc1ccc(F)cc1F)c1ccccc1. The summed E-state index contributed by atoms with van der Waals surface area (Å²) in [5.74, 6) is -1.46. The van der Waals surface area contributed by atoms with E-state index in [1.54, 1.807) is 0 Å². The zero-order valence-electron chi connectivity index (χ0n) is 10.8. The van der Waals surface area contributed by atoms with Crippen LogP contribution in [0.4, 0.5) is 8.78 Å². The van der Waals surface area contributed by atoms with E-state index in [9.17, 15) is 8.78 Å². The largest absolute Gasteiger partial charge is 0.311 e. The number of nitrogens with one attached hydrogen (secondary N) is 1. The van der Waals surface area contributed by atoms with E-state index < -0.39 is 11.6 Å². The van der Waals surface area contributed by atoms with Crippen LogP contribution >= 0.6 is 0 Å². The quantitative estimate of drug-likeness (QED) is 0.906. The Morgan fingerprint density at radius 2 is 1.85 bits per heavy atom. The predicted molar refractivity (Wildman–Crippen MR) is 72.9 cm³/mol. The molecule has 0 saturated heterocycles. The van der Waals surface area contributed by atoms with Crippen molar-refractivity contribution in [3.8, 4) is 6.07 Å². The smallest absolute Gasteiger partial charge is 0.130 e. The molecule has 0 saturated carbocycles. The lowest BCUT2D eigenvalue weighted by Gasteiger charge is -2.11. The number of hydrogen-bond acceptors (Lipinski definition) is 2. The van der Waals surface area contributed by atoms with Gasteiger partial charge in [0, 0.05) is 24.7 Å². The minimum atomic E-state index is -0.592. The van der Waals surface area contributed by atoms with Crippen molar-refractivity contribution in [2.75, 3.05) is 6.54 Å². The average molecular weight is 272 g/mol. The molecule has 0 aliphatic heterocycles. The number of hydrogen-bond donors (Lipinski definition) is 1. The van der Waals surface area contributed by atoms with Gasteiger partial charge in [-0.05, 0) is 11.6 Å². The highest BCUT2D eigenvalue weighted by molar-refractivity contribution is 5.25. The Balaban J connectivity index is 1.93. The lowest BCUT2D eigenvalue weighted by molar-refractivity contribution is 0.557. The Morgan fingerprint density at radius 3 is 2.50 bits per heavy atom. The highest BCUT2D eigenvalue weighted by atomic mass is 19.1. The standard InChI is InChI=1S/C16H14F2N2/c17-15-7-6-13(16(18)8-15)10-20-11-14(9-19)12-4-2-1-3-5-12/h1-8,14,20H,10-11H2. The van der Waals surface area contributed by atoms with Gasteiger partial charge in [0.2, 0.25) is 0 Å². The summed E-state index contributed by atoms with van der Waals surface area (Å²) in [4.78, 5) is 0. The summed E-state index contributed by atoms with van der Waals surface area (Å²) in [6.45, 7) is 0.675. The van der Waals surface area contributed by atoms with Gasteiger partial charge in [-0.2, -0.15) is 5.26 Å². The summed E-state index contributed by atoms with van der Waals surface area (Å²) >= 11 is 0. The number of rotatable bonds is 5. The first-order valence-electron chi connectivity index (χ1n) is 6.30. The van der Waals surface area contributed by atoms with E-state index in [0.717, 1.165) is 11.6 Å². The second kappa shape index (κ2) is 6.78. The van der Waals surface area contributed by atoms with Crippen LogP contribution in [0.5, 0.6) is 0 Å². The molecule has 0 amide bonds. The molecule has 0 bridgehead atoms. The first-order chi connectivity index (χ1) is 9.70.